The molecule has 0 aliphatic rings. The number of hydrogen-bond acceptors (Lipinski definition) is 5. The van der Waals surface area contributed by atoms with E-state index in [1.807, 2.05) is 42.7 Å². The van der Waals surface area contributed by atoms with Gasteiger partial charge >= 0.3 is 5.97 Å². The monoisotopic (exact) mass is 400 g/mol. The first-order valence-electron chi connectivity index (χ1n) is 8.37. The van der Waals surface area contributed by atoms with E-state index in [9.17, 15) is 4.79 Å². The quantitative estimate of drug-likeness (QED) is 0.426. The maximum absolute atomic E-state index is 12.2. The lowest BCUT2D eigenvalue weighted by atomic mass is 10.2. The molecule has 3 aromatic heterocycles. The second-order valence-corrected chi connectivity index (χ2v) is 7.91. The van der Waals surface area contributed by atoms with E-state index in [0.29, 0.717) is 28.9 Å². The number of rotatable bonds is 4. The minimum absolute atomic E-state index is 0.372. The van der Waals surface area contributed by atoms with Gasteiger partial charge in [0.15, 0.2) is 0 Å². The Hall–Kier alpha value is -2.57. The van der Waals surface area contributed by atoms with Gasteiger partial charge in [0.05, 0.1) is 34.5 Å². The number of aromatic nitrogens is 2. The zero-order valence-electron chi connectivity index (χ0n) is 15.1. The highest BCUT2D eigenvalue weighted by Gasteiger charge is 2.21. The van der Waals surface area contributed by atoms with E-state index in [0.717, 1.165) is 21.5 Å². The van der Waals surface area contributed by atoms with E-state index in [1.54, 1.807) is 17.4 Å². The highest BCUT2D eigenvalue weighted by atomic mass is 35.5. The summed E-state index contributed by atoms with van der Waals surface area (Å²) in [6.45, 7) is 4.31. The zero-order valence-corrected chi connectivity index (χ0v) is 16.6. The number of fused-ring (bicyclic) bond motifs is 1. The van der Waals surface area contributed by atoms with Gasteiger partial charge in [-0.05, 0) is 38.1 Å². The molecule has 7 heteroatoms. The number of oxazole rings is 1. The molecule has 0 spiro atoms. The molecule has 0 amide bonds. The minimum atomic E-state index is -0.372. The Morgan fingerprint density at radius 1 is 1.30 bits per heavy atom. The van der Waals surface area contributed by atoms with Crippen LogP contribution in [0.15, 0.2) is 40.8 Å². The first kappa shape index (κ1) is 17.8. The molecular weight excluding hydrogens is 384 g/mol. The van der Waals surface area contributed by atoms with Crippen molar-refractivity contribution in [2.45, 2.75) is 20.4 Å². The summed E-state index contributed by atoms with van der Waals surface area (Å²) in [5.74, 6) is 0.788. The van der Waals surface area contributed by atoms with Crippen molar-refractivity contribution in [3.05, 3.63) is 63.4 Å². The Labute approximate surface area is 165 Å². The number of hydrogen-bond donors (Lipinski definition) is 0. The topological polar surface area (TPSA) is 57.3 Å². The third-order valence-electron chi connectivity index (χ3n) is 4.41. The normalized spacial score (nSPS) is 11.3. The van der Waals surface area contributed by atoms with Crippen LogP contribution in [0.4, 0.5) is 0 Å². The lowest BCUT2D eigenvalue weighted by Crippen LogP contribution is -2.12. The summed E-state index contributed by atoms with van der Waals surface area (Å²) in [5, 5.41) is 0.581. The molecule has 27 heavy (non-hydrogen) atoms. The number of methoxy groups -OCH3 is 1. The molecule has 0 bridgehead atoms. The van der Waals surface area contributed by atoms with Gasteiger partial charge in [0, 0.05) is 4.88 Å². The number of halogens is 1. The average Bonchev–Trinajstić information content (AvgIpc) is 3.29. The number of carbonyl (C=O) groups excluding carboxylic acids is 1. The Morgan fingerprint density at radius 3 is 2.81 bits per heavy atom. The van der Waals surface area contributed by atoms with Crippen LogP contribution in [0.25, 0.3) is 21.7 Å². The van der Waals surface area contributed by atoms with Gasteiger partial charge in [-0.2, -0.15) is 0 Å². The highest BCUT2D eigenvalue weighted by molar-refractivity contribution is 7.19. The molecular formula is C20H17ClN2O3S. The number of esters is 1. The van der Waals surface area contributed by atoms with E-state index in [2.05, 4.69) is 11.1 Å². The van der Waals surface area contributed by atoms with Crippen molar-refractivity contribution in [3.8, 4) is 11.5 Å². The molecule has 138 valence electrons. The molecule has 4 aromatic rings. The standard InChI is InChI=1S/C20H17ClN2O3S/c1-11-8-16-18(27-11)9-17(20(24)25-3)23(16)10-15-12(2)26-19(22-15)13-6-4-5-7-14(13)21/h4-9H,10H2,1-3H3. The van der Waals surface area contributed by atoms with E-state index >= 15 is 0 Å². The van der Waals surface area contributed by atoms with Crippen LogP contribution >= 0.6 is 22.9 Å². The van der Waals surface area contributed by atoms with Crippen molar-refractivity contribution in [1.29, 1.82) is 0 Å². The van der Waals surface area contributed by atoms with Crippen molar-refractivity contribution >= 4 is 39.1 Å². The second-order valence-electron chi connectivity index (χ2n) is 6.22. The van der Waals surface area contributed by atoms with Crippen LogP contribution in [-0.4, -0.2) is 22.6 Å². The largest absolute Gasteiger partial charge is 0.464 e. The predicted molar refractivity (Wildman–Crippen MR) is 107 cm³/mol. The smallest absolute Gasteiger partial charge is 0.354 e. The molecule has 4 rings (SSSR count). The molecule has 0 radical (unpaired) electrons. The van der Waals surface area contributed by atoms with Gasteiger partial charge in [-0.1, -0.05) is 23.7 Å². The Morgan fingerprint density at radius 2 is 2.07 bits per heavy atom. The van der Waals surface area contributed by atoms with Gasteiger partial charge in [0.1, 0.15) is 17.1 Å². The predicted octanol–water partition coefficient (Wildman–Crippen LogP) is 5.46. The molecule has 0 aliphatic carbocycles. The van der Waals surface area contributed by atoms with Crippen molar-refractivity contribution in [3.63, 3.8) is 0 Å². The second kappa shape index (κ2) is 6.87. The molecule has 0 unspecified atom stereocenters. The lowest BCUT2D eigenvalue weighted by molar-refractivity contribution is 0.0589. The number of ether oxygens (including phenoxy) is 1. The molecule has 3 heterocycles. The lowest BCUT2D eigenvalue weighted by Gasteiger charge is -2.07. The summed E-state index contributed by atoms with van der Waals surface area (Å²) >= 11 is 7.91. The van der Waals surface area contributed by atoms with Crippen molar-refractivity contribution < 1.29 is 13.9 Å². The Kier molecular flexibility index (Phi) is 4.53. The fourth-order valence-corrected chi connectivity index (χ4v) is 4.26. The highest BCUT2D eigenvalue weighted by Crippen LogP contribution is 2.32. The molecule has 5 nitrogen and oxygen atoms in total. The fraction of sp³-hybridized carbons (Fsp3) is 0.200. The number of benzene rings is 1. The third-order valence-corrected chi connectivity index (χ3v) is 5.73. The van der Waals surface area contributed by atoms with Gasteiger partial charge in [0.25, 0.3) is 0 Å². The van der Waals surface area contributed by atoms with Crippen LogP contribution in [-0.2, 0) is 11.3 Å². The van der Waals surface area contributed by atoms with Crippen LogP contribution in [0.1, 0.15) is 26.8 Å². The van der Waals surface area contributed by atoms with Gasteiger partial charge in [-0.25, -0.2) is 9.78 Å². The van der Waals surface area contributed by atoms with Crippen LogP contribution in [0.5, 0.6) is 0 Å². The first-order chi connectivity index (χ1) is 13.0. The Bertz CT molecular complexity index is 1160. The molecule has 1 aromatic carbocycles. The van der Waals surface area contributed by atoms with E-state index in [4.69, 9.17) is 20.8 Å². The third kappa shape index (κ3) is 3.15. The Balaban J connectivity index is 1.79. The van der Waals surface area contributed by atoms with Crippen molar-refractivity contribution in [2.24, 2.45) is 0 Å². The summed E-state index contributed by atoms with van der Waals surface area (Å²) in [6, 6.07) is 11.3. The van der Waals surface area contributed by atoms with Crippen LogP contribution in [0, 0.1) is 13.8 Å². The van der Waals surface area contributed by atoms with Crippen molar-refractivity contribution in [1.82, 2.24) is 9.55 Å². The van der Waals surface area contributed by atoms with Crippen LogP contribution < -0.4 is 0 Å². The molecule has 0 fully saturated rings. The zero-order chi connectivity index (χ0) is 19.1. The SMILES string of the molecule is COC(=O)c1cc2sc(C)cc2n1Cc1nc(-c2ccccc2Cl)oc1C. The maximum Gasteiger partial charge on any atom is 0.354 e. The molecule has 0 saturated heterocycles. The number of carbonyl (C=O) groups is 1. The summed E-state index contributed by atoms with van der Waals surface area (Å²) in [7, 11) is 1.38. The summed E-state index contributed by atoms with van der Waals surface area (Å²) in [5.41, 5.74) is 2.97. The van der Waals surface area contributed by atoms with E-state index in [1.165, 1.54) is 12.0 Å². The minimum Gasteiger partial charge on any atom is -0.464 e. The first-order valence-corrected chi connectivity index (χ1v) is 9.56. The number of thiophene rings is 1. The molecule has 0 atom stereocenters. The average molecular weight is 401 g/mol. The summed E-state index contributed by atoms with van der Waals surface area (Å²) < 4.78 is 13.8. The van der Waals surface area contributed by atoms with Gasteiger partial charge in [0.2, 0.25) is 5.89 Å². The summed E-state index contributed by atoms with van der Waals surface area (Å²) in [4.78, 5) is 18.0. The van der Waals surface area contributed by atoms with E-state index < -0.39 is 0 Å². The van der Waals surface area contributed by atoms with Crippen LogP contribution in [0.2, 0.25) is 5.02 Å². The van der Waals surface area contributed by atoms with Gasteiger partial charge < -0.3 is 13.7 Å². The van der Waals surface area contributed by atoms with Crippen molar-refractivity contribution in [2.75, 3.05) is 7.11 Å². The number of aryl methyl sites for hydroxylation is 2. The van der Waals surface area contributed by atoms with Crippen LogP contribution in [0.3, 0.4) is 0 Å². The van der Waals surface area contributed by atoms with Gasteiger partial charge in [-0.3, -0.25) is 0 Å². The van der Waals surface area contributed by atoms with E-state index in [-0.39, 0.29) is 5.97 Å². The molecule has 0 aliphatic heterocycles. The maximum atomic E-state index is 12.2. The summed E-state index contributed by atoms with van der Waals surface area (Å²) in [6.07, 6.45) is 0. The van der Waals surface area contributed by atoms with Gasteiger partial charge in [-0.15, -0.1) is 11.3 Å². The number of nitrogens with zero attached hydrogens (tertiary/aromatic N) is 2. The molecule has 0 saturated carbocycles. The fourth-order valence-electron chi connectivity index (χ4n) is 3.08. The molecule has 0 N–H and O–H groups in total.